The minimum absolute atomic E-state index is 0.176. The fourth-order valence-corrected chi connectivity index (χ4v) is 2.72. The zero-order valence-electron chi connectivity index (χ0n) is 8.65. The van der Waals surface area contributed by atoms with Gasteiger partial charge < -0.3 is 10.6 Å². The van der Waals surface area contributed by atoms with Crippen LogP contribution in [0, 0.1) is 5.82 Å². The lowest BCUT2D eigenvalue weighted by molar-refractivity contribution is 0.499. The van der Waals surface area contributed by atoms with Gasteiger partial charge in [0.1, 0.15) is 5.82 Å². The van der Waals surface area contributed by atoms with E-state index in [0.29, 0.717) is 0 Å². The minimum atomic E-state index is -0.176. The average Bonchev–Trinajstić information content (AvgIpc) is 2.67. The molecule has 2 N–H and O–H groups in total. The molecule has 0 bridgehead atoms. The zero-order valence-corrected chi connectivity index (χ0v) is 8.65. The van der Waals surface area contributed by atoms with Gasteiger partial charge in [-0.1, -0.05) is 12.8 Å². The van der Waals surface area contributed by atoms with Crippen molar-refractivity contribution in [1.29, 1.82) is 0 Å². The Morgan fingerprint density at radius 3 is 2.73 bits per heavy atom. The van der Waals surface area contributed by atoms with Gasteiger partial charge in [-0.05, 0) is 31.0 Å². The van der Waals surface area contributed by atoms with Crippen LogP contribution < -0.4 is 10.6 Å². The second-order valence-electron chi connectivity index (χ2n) is 4.66. The molecule has 1 aliphatic carbocycles. The standard InChI is InChI=1S/C12H15FN2/c13-9-3-4-10-11(7-9)14-8-12(15-10)5-1-2-6-12/h3-4,7,14-15H,1-2,5-6,8H2. The molecule has 0 aromatic heterocycles. The summed E-state index contributed by atoms with van der Waals surface area (Å²) < 4.78 is 13.0. The van der Waals surface area contributed by atoms with Gasteiger partial charge in [0, 0.05) is 6.54 Å². The molecular formula is C12H15FN2. The van der Waals surface area contributed by atoms with E-state index in [1.807, 2.05) is 6.07 Å². The predicted molar refractivity (Wildman–Crippen MR) is 59.7 cm³/mol. The topological polar surface area (TPSA) is 24.1 Å². The van der Waals surface area contributed by atoms with Gasteiger partial charge in [-0.25, -0.2) is 4.39 Å². The van der Waals surface area contributed by atoms with Crippen molar-refractivity contribution in [1.82, 2.24) is 0 Å². The molecule has 0 saturated heterocycles. The number of hydrogen-bond acceptors (Lipinski definition) is 2. The number of nitrogens with one attached hydrogen (secondary N) is 2. The van der Waals surface area contributed by atoms with Crippen molar-refractivity contribution in [3.05, 3.63) is 24.0 Å². The smallest absolute Gasteiger partial charge is 0.125 e. The average molecular weight is 206 g/mol. The molecule has 3 heteroatoms. The Hall–Kier alpha value is -1.25. The highest BCUT2D eigenvalue weighted by Gasteiger charge is 2.36. The first-order chi connectivity index (χ1) is 7.27. The molecule has 1 aromatic carbocycles. The molecule has 0 unspecified atom stereocenters. The third-order valence-corrected chi connectivity index (χ3v) is 3.56. The lowest BCUT2D eigenvalue weighted by atomic mass is 9.94. The number of halogens is 1. The second kappa shape index (κ2) is 3.12. The molecule has 3 rings (SSSR count). The van der Waals surface area contributed by atoms with Crippen LogP contribution >= 0.6 is 0 Å². The summed E-state index contributed by atoms with van der Waals surface area (Å²) in [5.41, 5.74) is 2.17. The third-order valence-electron chi connectivity index (χ3n) is 3.56. The van der Waals surface area contributed by atoms with Crippen LogP contribution in [0.1, 0.15) is 25.7 Å². The molecule has 1 saturated carbocycles. The van der Waals surface area contributed by atoms with E-state index in [2.05, 4.69) is 10.6 Å². The Bertz CT molecular complexity index is 383. The molecule has 1 aromatic rings. The number of fused-ring (bicyclic) bond motifs is 1. The summed E-state index contributed by atoms with van der Waals surface area (Å²) in [5, 5.41) is 6.90. The van der Waals surface area contributed by atoms with Gasteiger partial charge in [-0.15, -0.1) is 0 Å². The monoisotopic (exact) mass is 206 g/mol. The molecule has 2 aliphatic rings. The van der Waals surface area contributed by atoms with Crippen LogP contribution in [0.3, 0.4) is 0 Å². The molecule has 2 nitrogen and oxygen atoms in total. The molecule has 1 fully saturated rings. The zero-order chi connectivity index (χ0) is 10.3. The van der Waals surface area contributed by atoms with E-state index in [-0.39, 0.29) is 11.4 Å². The van der Waals surface area contributed by atoms with Gasteiger partial charge in [0.2, 0.25) is 0 Å². The Balaban J connectivity index is 1.93. The van der Waals surface area contributed by atoms with Crippen molar-refractivity contribution in [3.63, 3.8) is 0 Å². The number of anilines is 2. The van der Waals surface area contributed by atoms with Gasteiger partial charge in [0.25, 0.3) is 0 Å². The normalized spacial score (nSPS) is 21.9. The van der Waals surface area contributed by atoms with Gasteiger partial charge in [-0.3, -0.25) is 0 Å². The summed E-state index contributed by atoms with van der Waals surface area (Å²) >= 11 is 0. The first kappa shape index (κ1) is 9.01. The van der Waals surface area contributed by atoms with Crippen molar-refractivity contribution in [3.8, 4) is 0 Å². The summed E-state index contributed by atoms with van der Waals surface area (Å²) in [6.07, 6.45) is 5.03. The van der Waals surface area contributed by atoms with Crippen LogP contribution in [-0.2, 0) is 0 Å². The summed E-state index contributed by atoms with van der Waals surface area (Å²) in [6.45, 7) is 0.920. The highest BCUT2D eigenvalue weighted by atomic mass is 19.1. The Morgan fingerprint density at radius 1 is 1.13 bits per heavy atom. The largest absolute Gasteiger partial charge is 0.381 e. The number of benzene rings is 1. The molecule has 1 aliphatic heterocycles. The highest BCUT2D eigenvalue weighted by molar-refractivity contribution is 5.72. The van der Waals surface area contributed by atoms with E-state index in [0.717, 1.165) is 17.9 Å². The predicted octanol–water partition coefficient (Wildman–Crippen LogP) is 2.98. The van der Waals surface area contributed by atoms with Crippen LogP contribution in [0.5, 0.6) is 0 Å². The fourth-order valence-electron chi connectivity index (χ4n) is 2.72. The summed E-state index contributed by atoms with van der Waals surface area (Å²) in [5.74, 6) is -0.176. The lowest BCUT2D eigenvalue weighted by Crippen LogP contribution is -2.45. The molecule has 0 atom stereocenters. The number of hydrogen-bond donors (Lipinski definition) is 2. The first-order valence-corrected chi connectivity index (χ1v) is 5.59. The van der Waals surface area contributed by atoms with Gasteiger partial charge in [0.15, 0.2) is 0 Å². The SMILES string of the molecule is Fc1ccc2c(c1)NCC1(CCCC1)N2. The second-order valence-corrected chi connectivity index (χ2v) is 4.66. The van der Waals surface area contributed by atoms with Gasteiger partial charge in [0.05, 0.1) is 16.9 Å². The van der Waals surface area contributed by atoms with Crippen molar-refractivity contribution in [2.75, 3.05) is 17.2 Å². The van der Waals surface area contributed by atoms with E-state index < -0.39 is 0 Å². The Kier molecular flexibility index (Phi) is 1.87. The molecule has 80 valence electrons. The summed E-state index contributed by atoms with van der Waals surface area (Å²) in [6, 6.07) is 4.91. The summed E-state index contributed by atoms with van der Waals surface area (Å²) in [4.78, 5) is 0. The van der Waals surface area contributed by atoms with Gasteiger partial charge >= 0.3 is 0 Å². The van der Waals surface area contributed by atoms with Crippen molar-refractivity contribution in [2.45, 2.75) is 31.2 Å². The fraction of sp³-hybridized carbons (Fsp3) is 0.500. The lowest BCUT2D eigenvalue weighted by Gasteiger charge is -2.37. The molecule has 15 heavy (non-hydrogen) atoms. The highest BCUT2D eigenvalue weighted by Crippen LogP contribution is 2.39. The van der Waals surface area contributed by atoms with Crippen LogP contribution in [0.4, 0.5) is 15.8 Å². The van der Waals surface area contributed by atoms with Gasteiger partial charge in [-0.2, -0.15) is 0 Å². The Labute approximate surface area is 88.9 Å². The molecule has 0 amide bonds. The van der Waals surface area contributed by atoms with E-state index in [1.54, 1.807) is 6.07 Å². The van der Waals surface area contributed by atoms with Crippen LogP contribution in [0.25, 0.3) is 0 Å². The van der Waals surface area contributed by atoms with Crippen LogP contribution in [0.2, 0.25) is 0 Å². The molecule has 0 radical (unpaired) electrons. The van der Waals surface area contributed by atoms with E-state index in [9.17, 15) is 4.39 Å². The van der Waals surface area contributed by atoms with Crippen molar-refractivity contribution >= 4 is 11.4 Å². The van der Waals surface area contributed by atoms with Crippen molar-refractivity contribution in [2.24, 2.45) is 0 Å². The molecule has 1 spiro atoms. The summed E-state index contributed by atoms with van der Waals surface area (Å²) in [7, 11) is 0. The first-order valence-electron chi connectivity index (χ1n) is 5.59. The molecular weight excluding hydrogens is 191 g/mol. The van der Waals surface area contributed by atoms with Crippen molar-refractivity contribution < 1.29 is 4.39 Å². The Morgan fingerprint density at radius 2 is 1.93 bits per heavy atom. The van der Waals surface area contributed by atoms with E-state index in [4.69, 9.17) is 0 Å². The van der Waals surface area contributed by atoms with E-state index >= 15 is 0 Å². The third kappa shape index (κ3) is 1.46. The van der Waals surface area contributed by atoms with E-state index in [1.165, 1.54) is 31.7 Å². The maximum Gasteiger partial charge on any atom is 0.125 e. The quantitative estimate of drug-likeness (QED) is 0.682. The minimum Gasteiger partial charge on any atom is -0.381 e. The number of rotatable bonds is 0. The molecule has 1 heterocycles. The van der Waals surface area contributed by atoms with Crippen LogP contribution in [0.15, 0.2) is 18.2 Å². The maximum absolute atomic E-state index is 13.0. The maximum atomic E-state index is 13.0. The van der Waals surface area contributed by atoms with Crippen LogP contribution in [-0.4, -0.2) is 12.1 Å².